The van der Waals surface area contributed by atoms with Gasteiger partial charge in [0, 0.05) is 5.02 Å². The summed E-state index contributed by atoms with van der Waals surface area (Å²) in [5.74, 6) is 0.793. The Bertz CT molecular complexity index is 614. The summed E-state index contributed by atoms with van der Waals surface area (Å²) in [6.07, 6.45) is 4.08. The fourth-order valence-electron chi connectivity index (χ4n) is 3.02. The van der Waals surface area contributed by atoms with E-state index in [1.807, 2.05) is 14.0 Å². The number of halogens is 1. The monoisotopic (exact) mass is 299 g/mol. The average molecular weight is 300 g/mol. The van der Waals surface area contributed by atoms with Gasteiger partial charge in [0.15, 0.2) is 0 Å². The molecule has 3 rings (SSSR count). The largest absolute Gasteiger partial charge is 0.309 e. The molecule has 1 aliphatic carbocycles. The van der Waals surface area contributed by atoms with E-state index in [9.17, 15) is 0 Å². The predicted molar refractivity (Wildman–Crippen MR) is 90.1 cm³/mol. The molecule has 21 heavy (non-hydrogen) atoms. The van der Waals surface area contributed by atoms with Crippen molar-refractivity contribution in [1.82, 2.24) is 5.32 Å². The van der Waals surface area contributed by atoms with E-state index in [2.05, 4.69) is 47.8 Å². The summed E-state index contributed by atoms with van der Waals surface area (Å²) >= 11 is 6.27. The molecule has 2 heteroatoms. The van der Waals surface area contributed by atoms with Crippen LogP contribution in [0, 0.1) is 6.92 Å². The van der Waals surface area contributed by atoms with Crippen molar-refractivity contribution in [3.05, 3.63) is 69.7 Å². The highest BCUT2D eigenvalue weighted by atomic mass is 35.5. The van der Waals surface area contributed by atoms with Crippen molar-refractivity contribution in [2.75, 3.05) is 7.05 Å². The van der Waals surface area contributed by atoms with Gasteiger partial charge in [-0.1, -0.05) is 54.4 Å². The van der Waals surface area contributed by atoms with E-state index in [0.717, 1.165) is 16.5 Å². The molecule has 0 bridgehead atoms. The topological polar surface area (TPSA) is 12.0 Å². The summed E-state index contributed by atoms with van der Waals surface area (Å²) in [7, 11) is 2.00. The second-order valence-electron chi connectivity index (χ2n) is 6.02. The first kappa shape index (κ1) is 14.6. The maximum atomic E-state index is 6.27. The van der Waals surface area contributed by atoms with Crippen molar-refractivity contribution in [2.24, 2.45) is 0 Å². The molecule has 2 aromatic rings. The van der Waals surface area contributed by atoms with Crippen LogP contribution in [0.25, 0.3) is 0 Å². The Morgan fingerprint density at radius 2 is 1.71 bits per heavy atom. The molecule has 1 unspecified atom stereocenters. The Balaban J connectivity index is 1.86. The lowest BCUT2D eigenvalue weighted by Gasteiger charge is -2.26. The van der Waals surface area contributed by atoms with Crippen LogP contribution in [0.15, 0.2) is 42.5 Å². The average Bonchev–Trinajstić information content (AvgIpc) is 2.43. The van der Waals surface area contributed by atoms with E-state index in [-0.39, 0.29) is 6.04 Å². The Hall–Kier alpha value is -1.31. The normalized spacial score (nSPS) is 16.5. The molecule has 2 aromatic carbocycles. The smallest absolute Gasteiger partial charge is 0.0574 e. The number of rotatable bonds is 4. The second kappa shape index (κ2) is 6.21. The molecule has 0 radical (unpaired) electrons. The zero-order valence-corrected chi connectivity index (χ0v) is 13.5. The van der Waals surface area contributed by atoms with Gasteiger partial charge in [-0.05, 0) is 61.1 Å². The van der Waals surface area contributed by atoms with Gasteiger partial charge in [-0.25, -0.2) is 0 Å². The number of hydrogen-bond donors (Lipinski definition) is 1. The number of aryl methyl sites for hydroxylation is 1. The molecule has 1 fully saturated rings. The SMILES string of the molecule is CNC(c1ccc(C2CCC2)cc1)c1ccc(C)c(Cl)c1. The first-order valence-corrected chi connectivity index (χ1v) is 8.10. The van der Waals surface area contributed by atoms with Gasteiger partial charge in [-0.3, -0.25) is 0 Å². The van der Waals surface area contributed by atoms with Crippen molar-refractivity contribution in [1.29, 1.82) is 0 Å². The first-order valence-electron chi connectivity index (χ1n) is 7.72. The third-order valence-corrected chi connectivity index (χ3v) is 5.07. The van der Waals surface area contributed by atoms with Gasteiger partial charge in [0.05, 0.1) is 6.04 Å². The summed E-state index contributed by atoms with van der Waals surface area (Å²) in [5, 5.41) is 4.23. The van der Waals surface area contributed by atoms with Crippen LogP contribution in [0.1, 0.15) is 53.5 Å². The number of benzene rings is 2. The van der Waals surface area contributed by atoms with Crippen LogP contribution in [-0.2, 0) is 0 Å². The van der Waals surface area contributed by atoms with Gasteiger partial charge in [-0.15, -0.1) is 0 Å². The van der Waals surface area contributed by atoms with Crippen molar-refractivity contribution < 1.29 is 0 Å². The van der Waals surface area contributed by atoms with E-state index in [1.54, 1.807) is 0 Å². The molecular weight excluding hydrogens is 278 g/mol. The number of hydrogen-bond acceptors (Lipinski definition) is 1. The van der Waals surface area contributed by atoms with Crippen LogP contribution in [-0.4, -0.2) is 7.05 Å². The maximum Gasteiger partial charge on any atom is 0.0574 e. The minimum absolute atomic E-state index is 0.193. The highest BCUT2D eigenvalue weighted by Gasteiger charge is 2.20. The first-order chi connectivity index (χ1) is 10.2. The Morgan fingerprint density at radius 3 is 2.24 bits per heavy atom. The predicted octanol–water partition coefficient (Wildman–Crippen LogP) is 5.22. The fraction of sp³-hybridized carbons (Fsp3) is 0.368. The summed E-state index contributed by atoms with van der Waals surface area (Å²) < 4.78 is 0. The van der Waals surface area contributed by atoms with E-state index < -0.39 is 0 Å². The lowest BCUT2D eigenvalue weighted by Crippen LogP contribution is -2.18. The lowest BCUT2D eigenvalue weighted by molar-refractivity contribution is 0.419. The quantitative estimate of drug-likeness (QED) is 0.815. The molecule has 0 heterocycles. The summed E-state index contributed by atoms with van der Waals surface area (Å²) in [6, 6.07) is 15.6. The van der Waals surface area contributed by atoms with Gasteiger partial charge in [0.1, 0.15) is 0 Å². The van der Waals surface area contributed by atoms with Gasteiger partial charge >= 0.3 is 0 Å². The van der Waals surface area contributed by atoms with Gasteiger partial charge in [0.25, 0.3) is 0 Å². The molecule has 1 saturated carbocycles. The lowest BCUT2D eigenvalue weighted by atomic mass is 9.79. The molecule has 0 aliphatic heterocycles. The van der Waals surface area contributed by atoms with Gasteiger partial charge in [-0.2, -0.15) is 0 Å². The Labute approximate surface area is 132 Å². The van der Waals surface area contributed by atoms with Crippen molar-refractivity contribution in [2.45, 2.75) is 38.1 Å². The van der Waals surface area contributed by atoms with Crippen molar-refractivity contribution in [3.8, 4) is 0 Å². The maximum absolute atomic E-state index is 6.27. The third-order valence-electron chi connectivity index (χ3n) is 4.66. The van der Waals surface area contributed by atoms with Crippen molar-refractivity contribution >= 4 is 11.6 Å². The van der Waals surface area contributed by atoms with E-state index >= 15 is 0 Å². The van der Waals surface area contributed by atoms with Crippen LogP contribution in [0.5, 0.6) is 0 Å². The summed E-state index contributed by atoms with van der Waals surface area (Å²) in [4.78, 5) is 0. The van der Waals surface area contributed by atoms with Crippen LogP contribution < -0.4 is 5.32 Å². The van der Waals surface area contributed by atoms with E-state index in [4.69, 9.17) is 11.6 Å². The zero-order valence-electron chi connectivity index (χ0n) is 12.7. The molecule has 1 nitrogen and oxygen atoms in total. The molecule has 0 aromatic heterocycles. The van der Waals surface area contributed by atoms with Crippen LogP contribution in [0.2, 0.25) is 5.02 Å². The highest BCUT2D eigenvalue weighted by Crippen LogP contribution is 2.37. The minimum Gasteiger partial charge on any atom is -0.309 e. The molecule has 0 saturated heterocycles. The molecule has 0 amide bonds. The van der Waals surface area contributed by atoms with Crippen LogP contribution >= 0.6 is 11.6 Å². The highest BCUT2D eigenvalue weighted by molar-refractivity contribution is 6.31. The Morgan fingerprint density at radius 1 is 1.05 bits per heavy atom. The van der Waals surface area contributed by atoms with Crippen LogP contribution in [0.3, 0.4) is 0 Å². The van der Waals surface area contributed by atoms with Crippen molar-refractivity contribution in [3.63, 3.8) is 0 Å². The summed E-state index contributed by atoms with van der Waals surface area (Å²) in [6.45, 7) is 2.04. The molecule has 0 spiro atoms. The molecule has 1 atom stereocenters. The number of nitrogens with one attached hydrogen (secondary N) is 1. The van der Waals surface area contributed by atoms with Gasteiger partial charge in [0.2, 0.25) is 0 Å². The zero-order chi connectivity index (χ0) is 14.8. The third kappa shape index (κ3) is 3.00. The minimum atomic E-state index is 0.193. The molecule has 1 N–H and O–H groups in total. The Kier molecular flexibility index (Phi) is 4.32. The van der Waals surface area contributed by atoms with Gasteiger partial charge < -0.3 is 5.32 Å². The molecular formula is C19H22ClN. The summed E-state index contributed by atoms with van der Waals surface area (Å²) in [5.41, 5.74) is 5.11. The van der Waals surface area contributed by atoms with E-state index in [0.29, 0.717) is 0 Å². The second-order valence-corrected chi connectivity index (χ2v) is 6.43. The standard InChI is InChI=1S/C19H22ClN/c1-13-6-7-17(12-18(13)20)19(21-2)16-10-8-15(9-11-16)14-4-3-5-14/h6-12,14,19,21H,3-5H2,1-2H3. The molecule has 1 aliphatic rings. The van der Waals surface area contributed by atoms with E-state index in [1.165, 1.54) is 36.0 Å². The van der Waals surface area contributed by atoms with Crippen LogP contribution in [0.4, 0.5) is 0 Å². The molecule has 110 valence electrons. The fourth-order valence-corrected chi connectivity index (χ4v) is 3.21.